The van der Waals surface area contributed by atoms with Gasteiger partial charge in [-0.05, 0) is 59.2 Å². The van der Waals surface area contributed by atoms with E-state index < -0.39 is 0 Å². The van der Waals surface area contributed by atoms with Crippen LogP contribution in [0.2, 0.25) is 0 Å². The van der Waals surface area contributed by atoms with E-state index in [1.54, 1.807) is 0 Å². The third-order valence-electron chi connectivity index (χ3n) is 4.51. The summed E-state index contributed by atoms with van der Waals surface area (Å²) in [6.45, 7) is 10.7. The largest absolute Gasteiger partial charge is 0.326 e. The second-order valence-electron chi connectivity index (χ2n) is 5.91. The Balaban J connectivity index is 1.80. The van der Waals surface area contributed by atoms with Crippen molar-refractivity contribution in [2.75, 3.05) is 26.2 Å². The summed E-state index contributed by atoms with van der Waals surface area (Å²) in [6, 6.07) is 0. The van der Waals surface area contributed by atoms with Gasteiger partial charge in [-0.15, -0.1) is 0 Å². The minimum atomic E-state index is -0.340. The molecule has 0 aromatic rings. The molecule has 2 aliphatic rings. The molecule has 1 amide bonds. The fourth-order valence-electron chi connectivity index (χ4n) is 3.11. The number of carbonyl (C=O) groups excluding carboxylic acids is 1. The van der Waals surface area contributed by atoms with E-state index in [2.05, 4.69) is 24.1 Å². The molecule has 0 aromatic carbocycles. The highest BCUT2D eigenvalue weighted by Gasteiger charge is 2.44. The van der Waals surface area contributed by atoms with Gasteiger partial charge in [-0.2, -0.15) is 0 Å². The van der Waals surface area contributed by atoms with Crippen molar-refractivity contribution in [3.8, 4) is 0 Å². The molecule has 2 heterocycles. The number of likely N-dealkylation sites (tertiary alicyclic amines) is 1. The minimum Gasteiger partial charge on any atom is -0.326 e. The van der Waals surface area contributed by atoms with Gasteiger partial charge in [0.2, 0.25) is 5.91 Å². The molecule has 0 bridgehead atoms. The summed E-state index contributed by atoms with van der Waals surface area (Å²) in [5, 5.41) is 3.42. The molecule has 0 aliphatic carbocycles. The molecule has 1 N–H and O–H groups in total. The zero-order valence-corrected chi connectivity index (χ0v) is 12.0. The zero-order valence-electron chi connectivity index (χ0n) is 12.0. The molecular formula is C14H27N3O. The van der Waals surface area contributed by atoms with Crippen LogP contribution in [0, 0.1) is 0 Å². The van der Waals surface area contributed by atoms with Crippen molar-refractivity contribution in [1.29, 1.82) is 0 Å². The Morgan fingerprint density at radius 2 is 2.00 bits per heavy atom. The summed E-state index contributed by atoms with van der Waals surface area (Å²) < 4.78 is 0. The Labute approximate surface area is 111 Å². The van der Waals surface area contributed by atoms with Crippen molar-refractivity contribution < 1.29 is 4.79 Å². The van der Waals surface area contributed by atoms with Gasteiger partial charge in [0.15, 0.2) is 0 Å². The lowest BCUT2D eigenvalue weighted by Crippen LogP contribution is -2.43. The number of hydrogen-bond acceptors (Lipinski definition) is 3. The van der Waals surface area contributed by atoms with E-state index in [0.29, 0.717) is 0 Å². The van der Waals surface area contributed by atoms with E-state index in [9.17, 15) is 4.79 Å². The molecule has 104 valence electrons. The van der Waals surface area contributed by atoms with Crippen LogP contribution in [-0.4, -0.2) is 53.6 Å². The molecule has 0 radical (unpaired) electrons. The summed E-state index contributed by atoms with van der Waals surface area (Å²) in [7, 11) is 0. The predicted octanol–water partition coefficient (Wildman–Crippen LogP) is 1.42. The summed E-state index contributed by atoms with van der Waals surface area (Å²) >= 11 is 0. The first kappa shape index (κ1) is 13.8. The molecular weight excluding hydrogens is 226 g/mol. The Morgan fingerprint density at radius 1 is 1.33 bits per heavy atom. The van der Waals surface area contributed by atoms with Crippen molar-refractivity contribution in [1.82, 2.24) is 15.1 Å². The molecule has 2 aliphatic heterocycles. The second-order valence-corrected chi connectivity index (χ2v) is 5.91. The van der Waals surface area contributed by atoms with Crippen molar-refractivity contribution >= 4 is 5.91 Å². The van der Waals surface area contributed by atoms with Crippen LogP contribution < -0.4 is 5.32 Å². The SMILES string of the molecule is CCC1(C)NC(C)N(CCCN2CCCC2)C1=O. The number of nitrogens with one attached hydrogen (secondary N) is 1. The van der Waals surface area contributed by atoms with Gasteiger partial charge in [-0.3, -0.25) is 10.1 Å². The van der Waals surface area contributed by atoms with Gasteiger partial charge in [0.25, 0.3) is 0 Å². The quantitative estimate of drug-likeness (QED) is 0.805. The Bertz CT molecular complexity index is 301. The minimum absolute atomic E-state index is 0.182. The lowest BCUT2D eigenvalue weighted by molar-refractivity contribution is -0.132. The first-order valence-corrected chi connectivity index (χ1v) is 7.38. The lowest BCUT2D eigenvalue weighted by atomic mass is 9.99. The molecule has 4 heteroatoms. The predicted molar refractivity (Wildman–Crippen MR) is 73.3 cm³/mol. The summed E-state index contributed by atoms with van der Waals surface area (Å²) in [6.07, 6.45) is 4.82. The van der Waals surface area contributed by atoms with E-state index in [1.807, 2.05) is 11.8 Å². The average Bonchev–Trinajstić information content (AvgIpc) is 2.92. The number of carbonyl (C=O) groups is 1. The van der Waals surface area contributed by atoms with Crippen LogP contribution in [0.15, 0.2) is 0 Å². The van der Waals surface area contributed by atoms with Crippen LogP contribution in [-0.2, 0) is 4.79 Å². The van der Waals surface area contributed by atoms with Crippen molar-refractivity contribution in [2.24, 2.45) is 0 Å². The number of amides is 1. The topological polar surface area (TPSA) is 35.6 Å². The van der Waals surface area contributed by atoms with Crippen LogP contribution in [0.3, 0.4) is 0 Å². The maximum atomic E-state index is 12.3. The number of rotatable bonds is 5. The summed E-state index contributed by atoms with van der Waals surface area (Å²) in [4.78, 5) is 16.9. The summed E-state index contributed by atoms with van der Waals surface area (Å²) in [5.74, 6) is 0.277. The molecule has 0 spiro atoms. The van der Waals surface area contributed by atoms with Gasteiger partial charge in [0.1, 0.15) is 0 Å². The highest BCUT2D eigenvalue weighted by atomic mass is 16.2. The Hall–Kier alpha value is -0.610. The Morgan fingerprint density at radius 3 is 2.56 bits per heavy atom. The normalized spacial score (nSPS) is 33.6. The van der Waals surface area contributed by atoms with E-state index in [-0.39, 0.29) is 17.6 Å². The van der Waals surface area contributed by atoms with E-state index in [4.69, 9.17) is 0 Å². The van der Waals surface area contributed by atoms with Crippen LogP contribution >= 0.6 is 0 Å². The van der Waals surface area contributed by atoms with E-state index in [0.717, 1.165) is 25.9 Å². The van der Waals surface area contributed by atoms with Gasteiger partial charge in [-0.25, -0.2) is 0 Å². The molecule has 0 aromatic heterocycles. The number of nitrogens with zero attached hydrogens (tertiary/aromatic N) is 2. The van der Waals surface area contributed by atoms with Crippen LogP contribution in [0.5, 0.6) is 0 Å². The first-order valence-electron chi connectivity index (χ1n) is 7.38. The highest BCUT2D eigenvalue weighted by molar-refractivity contribution is 5.88. The van der Waals surface area contributed by atoms with Crippen LogP contribution in [0.1, 0.15) is 46.5 Å². The molecule has 2 atom stereocenters. The molecule has 2 fully saturated rings. The fraction of sp³-hybridized carbons (Fsp3) is 0.929. The van der Waals surface area contributed by atoms with Crippen molar-refractivity contribution in [2.45, 2.75) is 58.2 Å². The smallest absolute Gasteiger partial charge is 0.243 e. The average molecular weight is 253 g/mol. The zero-order chi connectivity index (χ0) is 13.2. The summed E-state index contributed by atoms with van der Waals surface area (Å²) in [5.41, 5.74) is -0.340. The van der Waals surface area contributed by atoms with Gasteiger partial charge in [0.05, 0.1) is 11.7 Å². The van der Waals surface area contributed by atoms with E-state index >= 15 is 0 Å². The lowest BCUT2D eigenvalue weighted by Gasteiger charge is -2.23. The highest BCUT2D eigenvalue weighted by Crippen LogP contribution is 2.23. The second kappa shape index (κ2) is 5.57. The third-order valence-corrected chi connectivity index (χ3v) is 4.51. The van der Waals surface area contributed by atoms with Gasteiger partial charge in [-0.1, -0.05) is 6.92 Å². The van der Waals surface area contributed by atoms with Gasteiger partial charge >= 0.3 is 0 Å². The van der Waals surface area contributed by atoms with Crippen LogP contribution in [0.4, 0.5) is 0 Å². The maximum absolute atomic E-state index is 12.3. The molecule has 18 heavy (non-hydrogen) atoms. The van der Waals surface area contributed by atoms with Gasteiger partial charge in [0, 0.05) is 6.54 Å². The third kappa shape index (κ3) is 2.69. The molecule has 2 rings (SSSR count). The molecule has 2 unspecified atom stereocenters. The Kier molecular flexibility index (Phi) is 4.28. The molecule has 2 saturated heterocycles. The van der Waals surface area contributed by atoms with Crippen molar-refractivity contribution in [3.05, 3.63) is 0 Å². The molecule has 4 nitrogen and oxygen atoms in total. The standard InChI is InChI=1S/C14H27N3O/c1-4-14(3)13(18)17(12(2)15-14)11-7-10-16-8-5-6-9-16/h12,15H,4-11H2,1-3H3. The van der Waals surface area contributed by atoms with Crippen molar-refractivity contribution in [3.63, 3.8) is 0 Å². The molecule has 0 saturated carbocycles. The maximum Gasteiger partial charge on any atom is 0.243 e. The van der Waals surface area contributed by atoms with Gasteiger partial charge < -0.3 is 9.80 Å². The monoisotopic (exact) mass is 253 g/mol. The van der Waals surface area contributed by atoms with Crippen LogP contribution in [0.25, 0.3) is 0 Å². The first-order chi connectivity index (χ1) is 8.57. The van der Waals surface area contributed by atoms with E-state index in [1.165, 1.54) is 25.9 Å². The fourth-order valence-corrected chi connectivity index (χ4v) is 3.11. The number of hydrogen-bond donors (Lipinski definition) is 1.